The molecule has 0 aromatic carbocycles. The zero-order valence-electron chi connectivity index (χ0n) is 6.04. The van der Waals surface area contributed by atoms with Gasteiger partial charge in [-0.25, -0.2) is 0 Å². The van der Waals surface area contributed by atoms with E-state index in [1.807, 2.05) is 0 Å². The van der Waals surface area contributed by atoms with Crippen molar-refractivity contribution >= 4 is 0 Å². The molecule has 0 radical (unpaired) electrons. The van der Waals surface area contributed by atoms with E-state index in [4.69, 9.17) is 0 Å². The van der Waals surface area contributed by atoms with Gasteiger partial charge in [-0.15, -0.1) is 0 Å². The second-order valence-corrected chi connectivity index (χ2v) is 2.84. The largest absolute Gasteiger partial charge is 0.301 e. The molecule has 2 unspecified atom stereocenters. The number of rotatable bonds is 0. The highest BCUT2D eigenvalue weighted by atomic mass is 15.0. The van der Waals surface area contributed by atoms with Crippen LogP contribution in [-0.2, 0) is 0 Å². The number of fused-ring (bicyclic) bond motifs is 1. The Balaban J connectivity index is 2.29. The third-order valence-corrected chi connectivity index (χ3v) is 1.95. The van der Waals surface area contributed by atoms with Crippen molar-refractivity contribution in [3.63, 3.8) is 0 Å². The molecule has 0 aromatic heterocycles. The SMILES string of the molecule is CC1C=C2C=CC=CC2N1. The monoisotopic (exact) mass is 133 g/mol. The molecule has 10 heavy (non-hydrogen) atoms. The van der Waals surface area contributed by atoms with Gasteiger partial charge in [0.15, 0.2) is 0 Å². The summed E-state index contributed by atoms with van der Waals surface area (Å²) in [6.07, 6.45) is 10.8. The van der Waals surface area contributed by atoms with E-state index in [0.717, 1.165) is 0 Å². The lowest BCUT2D eigenvalue weighted by atomic mass is 10.1. The Kier molecular flexibility index (Phi) is 1.24. The Labute approximate surface area is 61.1 Å². The minimum absolute atomic E-state index is 0.486. The molecule has 1 heteroatoms. The molecule has 0 spiro atoms. The van der Waals surface area contributed by atoms with Crippen LogP contribution in [0.2, 0.25) is 0 Å². The van der Waals surface area contributed by atoms with Crippen LogP contribution in [0.3, 0.4) is 0 Å². The van der Waals surface area contributed by atoms with Crippen LogP contribution in [0.25, 0.3) is 0 Å². The zero-order valence-corrected chi connectivity index (χ0v) is 6.04. The first-order valence-electron chi connectivity index (χ1n) is 3.69. The quantitative estimate of drug-likeness (QED) is 0.526. The Morgan fingerprint density at radius 1 is 1.40 bits per heavy atom. The Morgan fingerprint density at radius 3 is 3.10 bits per heavy atom. The lowest BCUT2D eigenvalue weighted by Crippen LogP contribution is -2.28. The average molecular weight is 133 g/mol. The van der Waals surface area contributed by atoms with Crippen molar-refractivity contribution in [3.05, 3.63) is 36.0 Å². The minimum Gasteiger partial charge on any atom is -0.301 e. The summed E-state index contributed by atoms with van der Waals surface area (Å²) in [5.41, 5.74) is 1.41. The van der Waals surface area contributed by atoms with E-state index in [2.05, 4.69) is 42.6 Å². The van der Waals surface area contributed by atoms with Gasteiger partial charge in [0.1, 0.15) is 0 Å². The lowest BCUT2D eigenvalue weighted by Gasteiger charge is -2.11. The summed E-state index contributed by atoms with van der Waals surface area (Å²) in [6, 6.07) is 1.02. The predicted octanol–water partition coefficient (Wildman–Crippen LogP) is 1.40. The lowest BCUT2D eigenvalue weighted by molar-refractivity contribution is 0.654. The molecule has 0 amide bonds. The third-order valence-electron chi connectivity index (χ3n) is 1.95. The first kappa shape index (κ1) is 5.93. The van der Waals surface area contributed by atoms with Gasteiger partial charge in [-0.1, -0.05) is 30.4 Å². The highest BCUT2D eigenvalue weighted by Gasteiger charge is 2.19. The zero-order chi connectivity index (χ0) is 6.97. The van der Waals surface area contributed by atoms with E-state index in [9.17, 15) is 0 Å². The number of allylic oxidation sites excluding steroid dienone is 2. The van der Waals surface area contributed by atoms with Gasteiger partial charge in [-0.3, -0.25) is 0 Å². The molecule has 2 atom stereocenters. The Bertz CT molecular complexity index is 223. The molecule has 1 N–H and O–H groups in total. The predicted molar refractivity (Wildman–Crippen MR) is 42.7 cm³/mol. The first-order valence-corrected chi connectivity index (χ1v) is 3.69. The summed E-state index contributed by atoms with van der Waals surface area (Å²) in [7, 11) is 0. The van der Waals surface area contributed by atoms with Crippen LogP contribution in [0.4, 0.5) is 0 Å². The molecule has 1 aliphatic carbocycles. The highest BCUT2D eigenvalue weighted by Crippen LogP contribution is 2.18. The molecule has 0 aromatic rings. The van der Waals surface area contributed by atoms with Gasteiger partial charge >= 0.3 is 0 Å². The molecular formula is C9H11N. The van der Waals surface area contributed by atoms with Gasteiger partial charge in [0.05, 0.1) is 6.04 Å². The van der Waals surface area contributed by atoms with Crippen molar-refractivity contribution in [2.24, 2.45) is 0 Å². The van der Waals surface area contributed by atoms with Crippen molar-refractivity contribution in [2.75, 3.05) is 0 Å². The fraction of sp³-hybridized carbons (Fsp3) is 0.333. The van der Waals surface area contributed by atoms with Crippen LogP contribution in [-0.4, -0.2) is 12.1 Å². The molecule has 1 heterocycles. The topological polar surface area (TPSA) is 12.0 Å². The number of hydrogen-bond donors (Lipinski definition) is 1. The van der Waals surface area contributed by atoms with Crippen molar-refractivity contribution in [1.82, 2.24) is 5.32 Å². The van der Waals surface area contributed by atoms with E-state index in [1.54, 1.807) is 0 Å². The number of hydrogen-bond acceptors (Lipinski definition) is 1. The maximum atomic E-state index is 3.43. The van der Waals surface area contributed by atoms with E-state index in [1.165, 1.54) is 5.57 Å². The maximum absolute atomic E-state index is 3.43. The Morgan fingerprint density at radius 2 is 2.30 bits per heavy atom. The summed E-state index contributed by atoms with van der Waals surface area (Å²) in [5.74, 6) is 0. The molecule has 0 saturated carbocycles. The van der Waals surface area contributed by atoms with Crippen LogP contribution in [0.15, 0.2) is 36.0 Å². The van der Waals surface area contributed by atoms with Gasteiger partial charge < -0.3 is 5.32 Å². The maximum Gasteiger partial charge on any atom is 0.0511 e. The van der Waals surface area contributed by atoms with Gasteiger partial charge in [-0.2, -0.15) is 0 Å². The van der Waals surface area contributed by atoms with Gasteiger partial charge in [0.25, 0.3) is 0 Å². The smallest absolute Gasteiger partial charge is 0.0511 e. The first-order chi connectivity index (χ1) is 4.86. The number of nitrogens with one attached hydrogen (secondary N) is 1. The van der Waals surface area contributed by atoms with Crippen LogP contribution in [0.1, 0.15) is 6.92 Å². The average Bonchev–Trinajstić information content (AvgIpc) is 2.27. The molecular weight excluding hydrogens is 122 g/mol. The molecule has 1 aliphatic heterocycles. The normalized spacial score (nSPS) is 35.9. The fourth-order valence-corrected chi connectivity index (χ4v) is 1.49. The minimum atomic E-state index is 0.486. The van der Waals surface area contributed by atoms with Crippen LogP contribution < -0.4 is 5.32 Å². The molecule has 2 aliphatic rings. The van der Waals surface area contributed by atoms with E-state index in [-0.39, 0.29) is 0 Å². The molecule has 0 bridgehead atoms. The molecule has 52 valence electrons. The summed E-state index contributed by atoms with van der Waals surface area (Å²) < 4.78 is 0. The molecule has 1 nitrogen and oxygen atoms in total. The van der Waals surface area contributed by atoms with Crippen LogP contribution >= 0.6 is 0 Å². The van der Waals surface area contributed by atoms with Crippen molar-refractivity contribution < 1.29 is 0 Å². The van der Waals surface area contributed by atoms with E-state index >= 15 is 0 Å². The van der Waals surface area contributed by atoms with E-state index in [0.29, 0.717) is 12.1 Å². The van der Waals surface area contributed by atoms with Crippen molar-refractivity contribution in [3.8, 4) is 0 Å². The summed E-state index contributed by atoms with van der Waals surface area (Å²) in [6.45, 7) is 2.17. The highest BCUT2D eigenvalue weighted by molar-refractivity contribution is 5.40. The summed E-state index contributed by atoms with van der Waals surface area (Å²) >= 11 is 0. The van der Waals surface area contributed by atoms with Crippen molar-refractivity contribution in [1.29, 1.82) is 0 Å². The standard InChI is InChI=1S/C9H11N/c1-7-6-8-4-2-3-5-9(8)10-7/h2-7,9-10H,1H3. The fourth-order valence-electron chi connectivity index (χ4n) is 1.49. The van der Waals surface area contributed by atoms with Crippen molar-refractivity contribution in [2.45, 2.75) is 19.0 Å². The molecule has 0 saturated heterocycles. The van der Waals surface area contributed by atoms with Crippen LogP contribution in [0.5, 0.6) is 0 Å². The van der Waals surface area contributed by atoms with E-state index < -0.39 is 0 Å². The van der Waals surface area contributed by atoms with Gasteiger partial charge in [0, 0.05) is 6.04 Å². The van der Waals surface area contributed by atoms with Gasteiger partial charge in [0.2, 0.25) is 0 Å². The third kappa shape index (κ3) is 0.830. The second kappa shape index (κ2) is 2.10. The Hall–Kier alpha value is -0.820. The van der Waals surface area contributed by atoms with Gasteiger partial charge in [-0.05, 0) is 12.5 Å². The second-order valence-electron chi connectivity index (χ2n) is 2.84. The summed E-state index contributed by atoms with van der Waals surface area (Å²) in [5, 5.41) is 3.43. The molecule has 0 fully saturated rings. The summed E-state index contributed by atoms with van der Waals surface area (Å²) in [4.78, 5) is 0. The van der Waals surface area contributed by atoms with Crippen LogP contribution in [0, 0.1) is 0 Å². The molecule has 2 rings (SSSR count).